The number of fused-ring (bicyclic) bond motifs is 6. The fourth-order valence-corrected chi connectivity index (χ4v) is 8.01. The van der Waals surface area contributed by atoms with Crippen LogP contribution < -0.4 is 4.90 Å². The lowest BCUT2D eigenvalue weighted by Crippen LogP contribution is -2.10. The Morgan fingerprint density at radius 2 is 0.774 bits per heavy atom. The van der Waals surface area contributed by atoms with Gasteiger partial charge in [-0.1, -0.05) is 164 Å². The zero-order valence-corrected chi connectivity index (χ0v) is 29.2. The van der Waals surface area contributed by atoms with E-state index in [1.54, 1.807) is 0 Å². The average molecular weight is 674 g/mol. The first-order chi connectivity index (χ1) is 26.3. The van der Waals surface area contributed by atoms with Gasteiger partial charge in [-0.25, -0.2) is 0 Å². The second-order valence-corrected chi connectivity index (χ2v) is 13.8. The molecule has 0 spiro atoms. The van der Waals surface area contributed by atoms with Crippen molar-refractivity contribution in [1.29, 1.82) is 0 Å². The monoisotopic (exact) mass is 673 g/mol. The molecule has 0 bridgehead atoms. The summed E-state index contributed by atoms with van der Waals surface area (Å²) in [5.74, 6) is 0. The van der Waals surface area contributed by atoms with E-state index in [4.69, 9.17) is 0 Å². The Bertz CT molecular complexity index is 2930. The molecule has 0 unspecified atom stereocenters. The van der Waals surface area contributed by atoms with Crippen LogP contribution in [0.15, 0.2) is 212 Å². The predicted molar refractivity (Wildman–Crippen MR) is 227 cm³/mol. The minimum Gasteiger partial charge on any atom is -0.310 e. The molecule has 0 aliphatic carbocycles. The van der Waals surface area contributed by atoms with Crippen LogP contribution in [0.25, 0.3) is 76.5 Å². The summed E-state index contributed by atoms with van der Waals surface area (Å²) in [5, 5.41) is 10.0. The van der Waals surface area contributed by atoms with Crippen molar-refractivity contribution in [3.05, 3.63) is 212 Å². The number of nitrogens with zero attached hydrogens (tertiary/aromatic N) is 1. The highest BCUT2D eigenvalue weighted by Crippen LogP contribution is 2.44. The fraction of sp³-hybridized carbons (Fsp3) is 0. The van der Waals surface area contributed by atoms with Gasteiger partial charge in [0.1, 0.15) is 0 Å². The standard InChI is InChI=1S/C52H35N/c1-3-13-36(14-4-1)39-25-28-45(29-26-39)53(46-30-27-38-17-7-8-19-41(38)32-46)47-33-43(37-15-5-2-6-16-37)31-44(34-47)51-35-42-24-23-40-18-9-10-20-48(40)52(42)50-22-12-11-21-49(50)51/h1-35H. The van der Waals surface area contributed by atoms with E-state index in [0.29, 0.717) is 0 Å². The lowest BCUT2D eigenvalue weighted by Gasteiger charge is -2.27. The normalized spacial score (nSPS) is 11.4. The van der Waals surface area contributed by atoms with Crippen LogP contribution in [-0.4, -0.2) is 0 Å². The molecule has 1 nitrogen and oxygen atoms in total. The Morgan fingerprint density at radius 1 is 0.245 bits per heavy atom. The maximum atomic E-state index is 2.41. The highest BCUT2D eigenvalue weighted by Gasteiger charge is 2.18. The van der Waals surface area contributed by atoms with Crippen molar-refractivity contribution in [3.8, 4) is 33.4 Å². The van der Waals surface area contributed by atoms with Crippen molar-refractivity contribution in [2.75, 3.05) is 4.90 Å². The van der Waals surface area contributed by atoms with Gasteiger partial charge in [-0.15, -0.1) is 0 Å². The van der Waals surface area contributed by atoms with Crippen LogP contribution in [-0.2, 0) is 0 Å². The zero-order valence-electron chi connectivity index (χ0n) is 29.2. The van der Waals surface area contributed by atoms with Crippen molar-refractivity contribution in [3.63, 3.8) is 0 Å². The third-order valence-corrected chi connectivity index (χ3v) is 10.6. The van der Waals surface area contributed by atoms with Gasteiger partial charge in [0.15, 0.2) is 0 Å². The summed E-state index contributed by atoms with van der Waals surface area (Å²) in [6, 6.07) is 77.4. The maximum absolute atomic E-state index is 2.41. The predicted octanol–water partition coefficient (Wildman–Crippen LogP) is 14.8. The van der Waals surface area contributed by atoms with Crippen LogP contribution in [0.2, 0.25) is 0 Å². The molecule has 10 aromatic carbocycles. The Labute approximate surface area is 309 Å². The van der Waals surface area contributed by atoms with E-state index in [-0.39, 0.29) is 0 Å². The molecular formula is C52H35N. The number of hydrogen-bond donors (Lipinski definition) is 0. The molecule has 0 radical (unpaired) electrons. The first kappa shape index (κ1) is 30.8. The summed E-state index contributed by atoms with van der Waals surface area (Å²) < 4.78 is 0. The van der Waals surface area contributed by atoms with Gasteiger partial charge in [-0.05, 0) is 125 Å². The topological polar surface area (TPSA) is 3.24 Å². The number of benzene rings is 10. The Hall–Kier alpha value is -6.96. The van der Waals surface area contributed by atoms with Gasteiger partial charge in [0.2, 0.25) is 0 Å². The first-order valence-corrected chi connectivity index (χ1v) is 18.3. The molecule has 0 saturated heterocycles. The fourth-order valence-electron chi connectivity index (χ4n) is 8.01. The minimum absolute atomic E-state index is 1.10. The zero-order chi connectivity index (χ0) is 35.1. The van der Waals surface area contributed by atoms with Crippen molar-refractivity contribution >= 4 is 60.2 Å². The van der Waals surface area contributed by atoms with E-state index in [1.165, 1.54) is 76.5 Å². The number of anilines is 3. The van der Waals surface area contributed by atoms with Crippen molar-refractivity contribution < 1.29 is 0 Å². The molecule has 10 rings (SSSR count). The third-order valence-electron chi connectivity index (χ3n) is 10.6. The molecule has 0 atom stereocenters. The smallest absolute Gasteiger partial charge is 0.0473 e. The van der Waals surface area contributed by atoms with Gasteiger partial charge in [0.05, 0.1) is 0 Å². The summed E-state index contributed by atoms with van der Waals surface area (Å²) in [6.45, 7) is 0. The van der Waals surface area contributed by atoms with E-state index in [2.05, 4.69) is 217 Å². The lowest BCUT2D eigenvalue weighted by molar-refractivity contribution is 1.29. The molecule has 0 aromatic heterocycles. The van der Waals surface area contributed by atoms with Crippen molar-refractivity contribution in [1.82, 2.24) is 0 Å². The molecule has 0 amide bonds. The molecule has 0 fully saturated rings. The van der Waals surface area contributed by atoms with E-state index >= 15 is 0 Å². The van der Waals surface area contributed by atoms with Crippen molar-refractivity contribution in [2.24, 2.45) is 0 Å². The summed E-state index contributed by atoms with van der Waals surface area (Å²) >= 11 is 0. The van der Waals surface area contributed by atoms with E-state index < -0.39 is 0 Å². The average Bonchev–Trinajstić information content (AvgIpc) is 3.24. The lowest BCUT2D eigenvalue weighted by atomic mass is 9.89. The molecule has 0 aliphatic rings. The third kappa shape index (κ3) is 5.60. The largest absolute Gasteiger partial charge is 0.310 e. The molecule has 1 heteroatoms. The van der Waals surface area contributed by atoms with Gasteiger partial charge in [0.25, 0.3) is 0 Å². The quantitative estimate of drug-likeness (QED) is 0.159. The van der Waals surface area contributed by atoms with Crippen molar-refractivity contribution in [2.45, 2.75) is 0 Å². The second-order valence-electron chi connectivity index (χ2n) is 13.8. The molecule has 10 aromatic rings. The van der Waals surface area contributed by atoms with Crippen LogP contribution in [0.1, 0.15) is 0 Å². The SMILES string of the molecule is c1ccc(-c2ccc(N(c3cc(-c4ccccc4)cc(-c4cc5ccc6ccccc6c5c5ccccc45)c3)c3ccc4ccccc4c3)cc2)cc1. The summed E-state index contributed by atoms with van der Waals surface area (Å²) in [4.78, 5) is 2.41. The maximum Gasteiger partial charge on any atom is 0.0473 e. The van der Waals surface area contributed by atoms with E-state index in [0.717, 1.165) is 17.1 Å². The molecule has 248 valence electrons. The molecule has 0 aliphatic heterocycles. The summed E-state index contributed by atoms with van der Waals surface area (Å²) in [6.07, 6.45) is 0. The summed E-state index contributed by atoms with van der Waals surface area (Å²) in [7, 11) is 0. The minimum atomic E-state index is 1.10. The first-order valence-electron chi connectivity index (χ1n) is 18.3. The van der Waals surface area contributed by atoms with Gasteiger partial charge < -0.3 is 4.90 Å². The highest BCUT2D eigenvalue weighted by atomic mass is 15.1. The van der Waals surface area contributed by atoms with Gasteiger partial charge >= 0.3 is 0 Å². The molecule has 53 heavy (non-hydrogen) atoms. The van der Waals surface area contributed by atoms with Gasteiger partial charge in [-0.3, -0.25) is 0 Å². The molecular weight excluding hydrogens is 639 g/mol. The Balaban J connectivity index is 1.23. The van der Waals surface area contributed by atoms with Gasteiger partial charge in [-0.2, -0.15) is 0 Å². The van der Waals surface area contributed by atoms with Crippen LogP contribution in [0.3, 0.4) is 0 Å². The van der Waals surface area contributed by atoms with Gasteiger partial charge in [0, 0.05) is 17.1 Å². The van der Waals surface area contributed by atoms with Crippen LogP contribution in [0.4, 0.5) is 17.1 Å². The molecule has 0 saturated carbocycles. The van der Waals surface area contributed by atoms with Crippen LogP contribution >= 0.6 is 0 Å². The Kier molecular flexibility index (Phi) is 7.55. The van der Waals surface area contributed by atoms with Crippen LogP contribution in [0.5, 0.6) is 0 Å². The Morgan fingerprint density at radius 3 is 1.53 bits per heavy atom. The highest BCUT2D eigenvalue weighted by molar-refractivity contribution is 6.23. The molecule has 0 N–H and O–H groups in total. The molecule has 0 heterocycles. The van der Waals surface area contributed by atoms with Crippen LogP contribution in [0, 0.1) is 0 Å². The number of rotatable bonds is 6. The summed E-state index contributed by atoms with van der Waals surface area (Å²) in [5.41, 5.74) is 10.5. The van der Waals surface area contributed by atoms with E-state index in [9.17, 15) is 0 Å². The number of hydrogen-bond acceptors (Lipinski definition) is 1. The second kappa shape index (κ2) is 13.0. The van der Waals surface area contributed by atoms with E-state index in [1.807, 2.05) is 0 Å².